The highest BCUT2D eigenvalue weighted by molar-refractivity contribution is 8.00. The molecule has 0 aliphatic carbocycles. The second-order valence-electron chi connectivity index (χ2n) is 8.33. The van der Waals surface area contributed by atoms with E-state index < -0.39 is 29.1 Å². The number of carbonyl (C=O) groups excluding carboxylic acids is 3. The Labute approximate surface area is 192 Å². The van der Waals surface area contributed by atoms with E-state index in [0.29, 0.717) is 17.1 Å². The van der Waals surface area contributed by atoms with Crippen molar-refractivity contribution in [2.75, 3.05) is 12.9 Å². The topological polar surface area (TPSA) is 94.2 Å². The Bertz CT molecular complexity index is 948. The van der Waals surface area contributed by atoms with E-state index in [9.17, 15) is 14.4 Å². The van der Waals surface area contributed by atoms with Gasteiger partial charge in [-0.1, -0.05) is 24.3 Å². The molecule has 1 unspecified atom stereocenters. The summed E-state index contributed by atoms with van der Waals surface area (Å²) < 4.78 is 15.9. The van der Waals surface area contributed by atoms with Gasteiger partial charge in [-0.05, 0) is 51.0 Å². The summed E-state index contributed by atoms with van der Waals surface area (Å²) in [5.41, 5.74) is 1.05. The fraction of sp³-hybridized carbons (Fsp3) is 0.435. The lowest BCUT2D eigenvalue weighted by molar-refractivity contribution is -0.152. The van der Waals surface area contributed by atoms with Crippen LogP contribution in [-0.2, 0) is 25.7 Å². The van der Waals surface area contributed by atoms with Crippen LogP contribution in [0.1, 0.15) is 33.3 Å². The van der Waals surface area contributed by atoms with E-state index in [1.807, 2.05) is 25.1 Å². The zero-order valence-electron chi connectivity index (χ0n) is 18.8. The number of alkyl carbamates (subject to hydrolysis) is 1. The third-order valence-corrected chi connectivity index (χ3v) is 6.06. The zero-order valence-corrected chi connectivity index (χ0v) is 19.7. The molecule has 0 radical (unpaired) electrons. The van der Waals surface area contributed by atoms with Gasteiger partial charge in [-0.3, -0.25) is 9.69 Å². The number of methoxy groups -OCH3 is 1. The number of esters is 1. The maximum Gasteiger partial charge on any atom is 0.408 e. The molecule has 1 aromatic carbocycles. The van der Waals surface area contributed by atoms with Crippen LogP contribution in [0.2, 0.25) is 0 Å². The lowest BCUT2D eigenvalue weighted by Crippen LogP contribution is -2.70. The number of fused-ring (bicyclic) bond motifs is 1. The summed E-state index contributed by atoms with van der Waals surface area (Å²) in [6.07, 6.45) is 2.95. The Morgan fingerprint density at radius 2 is 1.94 bits per heavy atom. The van der Waals surface area contributed by atoms with Crippen LogP contribution in [0.5, 0.6) is 5.75 Å². The van der Waals surface area contributed by atoms with E-state index in [-0.39, 0.29) is 18.2 Å². The third-order valence-electron chi connectivity index (χ3n) is 4.76. The third kappa shape index (κ3) is 5.27. The van der Waals surface area contributed by atoms with Crippen molar-refractivity contribution in [3.05, 3.63) is 53.3 Å². The minimum Gasteiger partial charge on any atom is -0.497 e. The molecular weight excluding hydrogens is 432 g/mol. The first kappa shape index (κ1) is 23.7. The Hall–Kier alpha value is -2.94. The van der Waals surface area contributed by atoms with Gasteiger partial charge in [0.05, 0.1) is 7.11 Å². The molecule has 0 bridgehead atoms. The molecule has 9 heteroatoms. The normalized spacial score (nSPS) is 20.5. The number of carbonyl (C=O) groups is 3. The van der Waals surface area contributed by atoms with Crippen LogP contribution in [-0.4, -0.2) is 52.7 Å². The van der Waals surface area contributed by atoms with Crippen LogP contribution in [0, 0.1) is 0 Å². The standard InChI is InChI=1S/C23H28N2O6S/c1-6-7-15-13-32-20-17(24-22(28)31-23(2,3)4)19(26)25(20)18(15)21(27)30-12-14-8-10-16(29-5)11-9-14/h6-11,17,20H,12-13H2,1-5H3,(H,24,28)/t17?,20-/m0/s1. The highest BCUT2D eigenvalue weighted by Gasteiger charge is 2.54. The zero-order chi connectivity index (χ0) is 23.5. The fourth-order valence-corrected chi connectivity index (χ4v) is 4.65. The van der Waals surface area contributed by atoms with Gasteiger partial charge in [0.1, 0.15) is 35.1 Å². The average Bonchev–Trinajstić information content (AvgIpc) is 2.74. The molecule has 8 nitrogen and oxygen atoms in total. The second kappa shape index (κ2) is 9.68. The summed E-state index contributed by atoms with van der Waals surface area (Å²) in [7, 11) is 1.58. The Morgan fingerprint density at radius 3 is 2.53 bits per heavy atom. The lowest BCUT2D eigenvalue weighted by atomic mass is 10.0. The molecule has 1 N–H and O–H groups in total. The van der Waals surface area contributed by atoms with Crippen LogP contribution >= 0.6 is 11.8 Å². The van der Waals surface area contributed by atoms with Crippen molar-refractivity contribution in [3.8, 4) is 5.75 Å². The van der Waals surface area contributed by atoms with Crippen LogP contribution in [0.4, 0.5) is 4.79 Å². The number of rotatable bonds is 6. The van der Waals surface area contributed by atoms with E-state index in [1.165, 1.54) is 16.7 Å². The molecule has 1 aromatic rings. The number of ether oxygens (including phenoxy) is 3. The van der Waals surface area contributed by atoms with Crippen molar-refractivity contribution in [3.63, 3.8) is 0 Å². The van der Waals surface area contributed by atoms with E-state index in [0.717, 1.165) is 5.56 Å². The summed E-state index contributed by atoms with van der Waals surface area (Å²) in [6, 6.07) is 6.43. The molecule has 172 valence electrons. The molecule has 2 aliphatic rings. The summed E-state index contributed by atoms with van der Waals surface area (Å²) in [5.74, 6) is 0.271. The van der Waals surface area contributed by atoms with Crippen molar-refractivity contribution in [2.24, 2.45) is 0 Å². The Morgan fingerprint density at radius 1 is 1.25 bits per heavy atom. The van der Waals surface area contributed by atoms with Gasteiger partial charge in [0, 0.05) is 5.75 Å². The molecule has 2 heterocycles. The van der Waals surface area contributed by atoms with Gasteiger partial charge in [0.25, 0.3) is 5.91 Å². The van der Waals surface area contributed by atoms with Gasteiger partial charge in [-0.2, -0.15) is 0 Å². The number of nitrogens with zero attached hydrogens (tertiary/aromatic N) is 1. The maximum absolute atomic E-state index is 13.0. The highest BCUT2D eigenvalue weighted by Crippen LogP contribution is 2.41. The molecule has 1 fully saturated rings. The Balaban J connectivity index is 1.72. The quantitative estimate of drug-likeness (QED) is 0.514. The molecule has 0 spiro atoms. The maximum atomic E-state index is 13.0. The average molecular weight is 461 g/mol. The fourth-order valence-electron chi connectivity index (χ4n) is 3.33. The predicted octanol–water partition coefficient (Wildman–Crippen LogP) is 3.38. The minimum absolute atomic E-state index is 0.0644. The van der Waals surface area contributed by atoms with Crippen molar-refractivity contribution in [1.82, 2.24) is 10.2 Å². The SMILES string of the molecule is CC=CC1=C(C(=O)OCc2ccc(OC)cc2)N2C(=O)C(NC(=O)OC(C)(C)C)[C@@H]2SC1. The van der Waals surface area contributed by atoms with Gasteiger partial charge in [-0.25, -0.2) is 9.59 Å². The monoisotopic (exact) mass is 460 g/mol. The van der Waals surface area contributed by atoms with Crippen LogP contribution in [0.3, 0.4) is 0 Å². The number of β-lactam (4-membered cyclic amide) rings is 1. The smallest absolute Gasteiger partial charge is 0.408 e. The van der Waals surface area contributed by atoms with Gasteiger partial charge >= 0.3 is 12.1 Å². The molecule has 3 rings (SSSR count). The molecule has 32 heavy (non-hydrogen) atoms. The number of nitrogens with one attached hydrogen (secondary N) is 1. The Kier molecular flexibility index (Phi) is 7.18. The summed E-state index contributed by atoms with van der Waals surface area (Å²) in [4.78, 5) is 39.4. The first-order chi connectivity index (χ1) is 15.1. The van der Waals surface area contributed by atoms with E-state index >= 15 is 0 Å². The van der Waals surface area contributed by atoms with E-state index in [2.05, 4.69) is 5.32 Å². The molecule has 0 aromatic heterocycles. The van der Waals surface area contributed by atoms with Crippen molar-refractivity contribution >= 4 is 29.7 Å². The number of hydrogen-bond donors (Lipinski definition) is 1. The number of hydrogen-bond acceptors (Lipinski definition) is 7. The van der Waals surface area contributed by atoms with Crippen molar-refractivity contribution in [2.45, 2.75) is 51.3 Å². The number of benzene rings is 1. The molecule has 0 saturated carbocycles. The number of thioether (sulfide) groups is 1. The van der Waals surface area contributed by atoms with E-state index in [1.54, 1.807) is 46.1 Å². The van der Waals surface area contributed by atoms with Gasteiger partial charge in [0.2, 0.25) is 0 Å². The van der Waals surface area contributed by atoms with E-state index in [4.69, 9.17) is 14.2 Å². The molecule has 2 aliphatic heterocycles. The summed E-state index contributed by atoms with van der Waals surface area (Å²) in [5, 5.41) is 2.22. The molecule has 1 saturated heterocycles. The van der Waals surface area contributed by atoms with Crippen LogP contribution in [0.15, 0.2) is 47.7 Å². The number of allylic oxidation sites excluding steroid dienone is 2. The van der Waals surface area contributed by atoms with Crippen LogP contribution < -0.4 is 10.1 Å². The molecule has 2 atom stereocenters. The molecule has 2 amide bonds. The van der Waals surface area contributed by atoms with Gasteiger partial charge < -0.3 is 19.5 Å². The summed E-state index contributed by atoms with van der Waals surface area (Å²) in [6.45, 7) is 7.16. The first-order valence-corrected chi connectivity index (χ1v) is 11.3. The first-order valence-electron chi connectivity index (χ1n) is 10.2. The lowest BCUT2D eigenvalue weighted by Gasteiger charge is -2.49. The molecular formula is C23H28N2O6S. The highest BCUT2D eigenvalue weighted by atomic mass is 32.2. The number of amides is 2. The minimum atomic E-state index is -0.758. The van der Waals surface area contributed by atoms with Gasteiger partial charge in [-0.15, -0.1) is 11.8 Å². The second-order valence-corrected chi connectivity index (χ2v) is 9.44. The van der Waals surface area contributed by atoms with Crippen LogP contribution in [0.25, 0.3) is 0 Å². The van der Waals surface area contributed by atoms with Crippen molar-refractivity contribution < 1.29 is 28.6 Å². The van der Waals surface area contributed by atoms with Gasteiger partial charge in [0.15, 0.2) is 0 Å². The summed E-state index contributed by atoms with van der Waals surface area (Å²) >= 11 is 1.48. The largest absolute Gasteiger partial charge is 0.497 e. The predicted molar refractivity (Wildman–Crippen MR) is 121 cm³/mol. The van der Waals surface area contributed by atoms with Crippen molar-refractivity contribution in [1.29, 1.82) is 0 Å².